The molecule has 16 heavy (non-hydrogen) atoms. The van der Waals surface area contributed by atoms with Crippen molar-refractivity contribution >= 4 is 17.8 Å². The van der Waals surface area contributed by atoms with Gasteiger partial charge in [0.25, 0.3) is 0 Å². The molecule has 0 aromatic carbocycles. The summed E-state index contributed by atoms with van der Waals surface area (Å²) in [5.41, 5.74) is 0. The lowest BCUT2D eigenvalue weighted by Crippen LogP contribution is -2.43. The summed E-state index contributed by atoms with van der Waals surface area (Å²) in [4.78, 5) is 32.0. The SMILES string of the molecule is CC(=O)NCCNC(=O)CN[C@@H](C)C(=O)O. The molecule has 0 unspecified atom stereocenters. The van der Waals surface area contributed by atoms with Gasteiger partial charge < -0.3 is 15.7 Å². The van der Waals surface area contributed by atoms with Gasteiger partial charge in [0, 0.05) is 20.0 Å². The first-order valence-corrected chi connectivity index (χ1v) is 4.90. The zero-order valence-electron chi connectivity index (χ0n) is 9.37. The minimum absolute atomic E-state index is 0.0620. The van der Waals surface area contributed by atoms with E-state index in [1.54, 1.807) is 0 Å². The van der Waals surface area contributed by atoms with Gasteiger partial charge in [-0.1, -0.05) is 0 Å². The van der Waals surface area contributed by atoms with Gasteiger partial charge in [0.1, 0.15) is 6.04 Å². The van der Waals surface area contributed by atoms with Gasteiger partial charge in [-0.2, -0.15) is 0 Å². The predicted molar refractivity (Wildman–Crippen MR) is 56.8 cm³/mol. The van der Waals surface area contributed by atoms with E-state index < -0.39 is 12.0 Å². The molecular weight excluding hydrogens is 214 g/mol. The molecule has 0 rings (SSSR count). The molecule has 7 nitrogen and oxygen atoms in total. The summed E-state index contributed by atoms with van der Waals surface area (Å²) in [7, 11) is 0. The largest absolute Gasteiger partial charge is 0.480 e. The van der Waals surface area contributed by atoms with Gasteiger partial charge in [-0.15, -0.1) is 0 Å². The van der Waals surface area contributed by atoms with Gasteiger partial charge in [0.05, 0.1) is 6.54 Å². The first kappa shape index (κ1) is 14.4. The molecule has 7 heteroatoms. The van der Waals surface area contributed by atoms with Gasteiger partial charge in [-0.3, -0.25) is 19.7 Å². The molecule has 92 valence electrons. The molecular formula is C9H17N3O4. The molecule has 0 aliphatic heterocycles. The van der Waals surface area contributed by atoms with Gasteiger partial charge in [-0.05, 0) is 6.92 Å². The number of carbonyl (C=O) groups is 3. The lowest BCUT2D eigenvalue weighted by atomic mass is 10.3. The molecule has 0 saturated carbocycles. The van der Waals surface area contributed by atoms with E-state index in [2.05, 4.69) is 16.0 Å². The Balaban J connectivity index is 3.52. The highest BCUT2D eigenvalue weighted by molar-refractivity contribution is 5.79. The summed E-state index contributed by atoms with van der Waals surface area (Å²) < 4.78 is 0. The molecule has 0 fully saturated rings. The van der Waals surface area contributed by atoms with Crippen molar-refractivity contribution in [2.75, 3.05) is 19.6 Å². The first-order valence-electron chi connectivity index (χ1n) is 4.90. The second kappa shape index (κ2) is 7.63. The molecule has 4 N–H and O–H groups in total. The van der Waals surface area contributed by atoms with E-state index in [0.29, 0.717) is 13.1 Å². The van der Waals surface area contributed by atoms with E-state index in [0.717, 1.165) is 0 Å². The molecule has 0 radical (unpaired) electrons. The summed E-state index contributed by atoms with van der Waals surface area (Å²) in [6.45, 7) is 3.45. The maximum Gasteiger partial charge on any atom is 0.320 e. The maximum atomic E-state index is 11.1. The molecule has 0 spiro atoms. The average Bonchev–Trinajstić information content (AvgIpc) is 2.20. The van der Waals surface area contributed by atoms with Gasteiger partial charge in [0.2, 0.25) is 11.8 Å². The van der Waals surface area contributed by atoms with Gasteiger partial charge in [-0.25, -0.2) is 0 Å². The zero-order valence-corrected chi connectivity index (χ0v) is 9.37. The zero-order chi connectivity index (χ0) is 12.6. The van der Waals surface area contributed by atoms with E-state index >= 15 is 0 Å². The van der Waals surface area contributed by atoms with Crippen LogP contribution in [0.25, 0.3) is 0 Å². The summed E-state index contributed by atoms with van der Waals surface area (Å²) in [6.07, 6.45) is 0. The van der Waals surface area contributed by atoms with Crippen LogP contribution in [0.15, 0.2) is 0 Å². The lowest BCUT2D eigenvalue weighted by molar-refractivity contribution is -0.139. The number of carboxylic acids is 1. The van der Waals surface area contributed by atoms with Crippen molar-refractivity contribution in [1.29, 1.82) is 0 Å². The van der Waals surface area contributed by atoms with Crippen LogP contribution in [0.3, 0.4) is 0 Å². The molecule has 0 aliphatic rings. The summed E-state index contributed by atoms with van der Waals surface area (Å²) >= 11 is 0. The van der Waals surface area contributed by atoms with Crippen LogP contribution < -0.4 is 16.0 Å². The third-order valence-corrected chi connectivity index (χ3v) is 1.76. The van der Waals surface area contributed by atoms with Crippen molar-refractivity contribution in [2.45, 2.75) is 19.9 Å². The van der Waals surface area contributed by atoms with E-state index in [1.165, 1.54) is 13.8 Å². The third kappa shape index (κ3) is 7.74. The van der Waals surface area contributed by atoms with Crippen molar-refractivity contribution in [2.24, 2.45) is 0 Å². The number of amides is 2. The minimum Gasteiger partial charge on any atom is -0.480 e. The number of aliphatic carboxylic acids is 1. The molecule has 2 amide bonds. The fourth-order valence-electron chi connectivity index (χ4n) is 0.836. The Kier molecular flexibility index (Phi) is 6.86. The second-order valence-corrected chi connectivity index (χ2v) is 3.27. The number of rotatable bonds is 7. The summed E-state index contributed by atoms with van der Waals surface area (Å²) in [6, 6.07) is -0.763. The van der Waals surface area contributed by atoms with Crippen molar-refractivity contribution in [3.05, 3.63) is 0 Å². The van der Waals surface area contributed by atoms with Crippen molar-refractivity contribution in [3.8, 4) is 0 Å². The Morgan fingerprint density at radius 1 is 1.19 bits per heavy atom. The van der Waals surface area contributed by atoms with Crippen molar-refractivity contribution in [1.82, 2.24) is 16.0 Å². The fraction of sp³-hybridized carbons (Fsp3) is 0.667. The number of carbonyl (C=O) groups excluding carboxylic acids is 2. The molecule has 0 aliphatic carbocycles. The van der Waals surface area contributed by atoms with E-state index in [9.17, 15) is 14.4 Å². The highest BCUT2D eigenvalue weighted by Crippen LogP contribution is 1.79. The molecule has 0 aromatic rings. The summed E-state index contributed by atoms with van der Waals surface area (Å²) in [5.74, 6) is -1.48. The second-order valence-electron chi connectivity index (χ2n) is 3.27. The van der Waals surface area contributed by atoms with Crippen LogP contribution in [0.5, 0.6) is 0 Å². The van der Waals surface area contributed by atoms with Crippen LogP contribution in [0, 0.1) is 0 Å². The number of hydrogen-bond acceptors (Lipinski definition) is 4. The normalized spacial score (nSPS) is 11.6. The standard InChI is InChI=1S/C9H17N3O4/c1-6(9(15)16)12-5-8(14)11-4-3-10-7(2)13/h6,12H,3-5H2,1-2H3,(H,10,13)(H,11,14)(H,15,16)/t6-/m0/s1. The predicted octanol–water partition coefficient (Wildman–Crippen LogP) is -1.70. The summed E-state index contributed by atoms with van der Waals surface area (Å²) in [5, 5.41) is 16.1. The topological polar surface area (TPSA) is 108 Å². The van der Waals surface area contributed by atoms with Gasteiger partial charge in [0.15, 0.2) is 0 Å². The lowest BCUT2D eigenvalue weighted by Gasteiger charge is -2.09. The fourth-order valence-corrected chi connectivity index (χ4v) is 0.836. The highest BCUT2D eigenvalue weighted by atomic mass is 16.4. The van der Waals surface area contributed by atoms with E-state index in [4.69, 9.17) is 5.11 Å². The van der Waals surface area contributed by atoms with Crippen LogP contribution in [0.2, 0.25) is 0 Å². The smallest absolute Gasteiger partial charge is 0.320 e. The Morgan fingerprint density at radius 3 is 2.25 bits per heavy atom. The first-order chi connectivity index (χ1) is 7.43. The van der Waals surface area contributed by atoms with Crippen LogP contribution in [0.4, 0.5) is 0 Å². The number of nitrogens with one attached hydrogen (secondary N) is 3. The molecule has 1 atom stereocenters. The van der Waals surface area contributed by atoms with Gasteiger partial charge >= 0.3 is 5.97 Å². The Bertz CT molecular complexity index is 267. The Hall–Kier alpha value is -1.63. The average molecular weight is 231 g/mol. The number of hydrogen-bond donors (Lipinski definition) is 4. The quantitative estimate of drug-likeness (QED) is 0.391. The Labute approximate surface area is 93.6 Å². The third-order valence-electron chi connectivity index (χ3n) is 1.76. The highest BCUT2D eigenvalue weighted by Gasteiger charge is 2.11. The van der Waals surface area contributed by atoms with Crippen molar-refractivity contribution in [3.63, 3.8) is 0 Å². The Morgan fingerprint density at radius 2 is 1.75 bits per heavy atom. The van der Waals surface area contributed by atoms with Crippen LogP contribution in [0.1, 0.15) is 13.8 Å². The molecule has 0 saturated heterocycles. The van der Waals surface area contributed by atoms with E-state index in [-0.39, 0.29) is 18.4 Å². The monoisotopic (exact) mass is 231 g/mol. The minimum atomic E-state index is -1.01. The molecule has 0 aromatic heterocycles. The number of carboxylic acid groups (broad SMARTS) is 1. The van der Waals surface area contributed by atoms with Crippen molar-refractivity contribution < 1.29 is 19.5 Å². The van der Waals surface area contributed by atoms with Crippen LogP contribution >= 0.6 is 0 Å². The van der Waals surface area contributed by atoms with Crippen LogP contribution in [-0.4, -0.2) is 48.6 Å². The molecule has 0 bridgehead atoms. The van der Waals surface area contributed by atoms with E-state index in [1.807, 2.05) is 0 Å². The van der Waals surface area contributed by atoms with Crippen LogP contribution in [-0.2, 0) is 14.4 Å². The molecule has 0 heterocycles. The maximum absolute atomic E-state index is 11.1.